The van der Waals surface area contributed by atoms with Crippen molar-refractivity contribution in [2.75, 3.05) is 0 Å². The molecule has 6 heteroatoms. The molecule has 0 unspecified atom stereocenters. The second-order valence-corrected chi connectivity index (χ2v) is 5.16. The fourth-order valence-corrected chi connectivity index (χ4v) is 2.71. The van der Waals surface area contributed by atoms with Crippen molar-refractivity contribution in [3.05, 3.63) is 46.4 Å². The Morgan fingerprint density at radius 2 is 2.00 bits per heavy atom. The van der Waals surface area contributed by atoms with Crippen LogP contribution in [0.3, 0.4) is 0 Å². The van der Waals surface area contributed by atoms with Gasteiger partial charge >= 0.3 is 0 Å². The van der Waals surface area contributed by atoms with Crippen LogP contribution in [0.2, 0.25) is 5.15 Å². The van der Waals surface area contributed by atoms with E-state index in [2.05, 4.69) is 10.2 Å². The highest BCUT2D eigenvalue weighted by molar-refractivity contribution is 6.30. The lowest BCUT2D eigenvalue weighted by atomic mass is 10.2. The molecule has 0 spiro atoms. The summed E-state index contributed by atoms with van der Waals surface area (Å²) in [6, 6.07) is 8.08. The molecule has 0 saturated heterocycles. The van der Waals surface area contributed by atoms with Gasteiger partial charge in [-0.25, -0.2) is 0 Å². The average Bonchev–Trinajstić information content (AvgIpc) is 2.92. The first-order valence-electron chi connectivity index (χ1n) is 6.44. The minimum absolute atomic E-state index is 0.424. The molecule has 3 rings (SSSR count). The smallest absolute Gasteiger partial charge is 0.132 e. The highest BCUT2D eigenvalue weighted by Gasteiger charge is 2.15. The summed E-state index contributed by atoms with van der Waals surface area (Å²) in [4.78, 5) is 0. The third-order valence-corrected chi connectivity index (χ3v) is 3.98. The molecule has 0 aliphatic rings. The molecule has 3 aromatic rings. The van der Waals surface area contributed by atoms with Gasteiger partial charge in [0.1, 0.15) is 5.15 Å². The quantitative estimate of drug-likeness (QED) is 0.804. The number of fused-ring (bicyclic) bond motifs is 1. The Labute approximate surface area is 121 Å². The van der Waals surface area contributed by atoms with Crippen LogP contribution >= 0.6 is 11.6 Å². The van der Waals surface area contributed by atoms with Crippen LogP contribution in [-0.2, 0) is 20.1 Å². The van der Waals surface area contributed by atoms with E-state index in [1.807, 2.05) is 42.9 Å². The Morgan fingerprint density at radius 3 is 2.65 bits per heavy atom. The van der Waals surface area contributed by atoms with Crippen molar-refractivity contribution in [3.63, 3.8) is 0 Å². The molecule has 0 aliphatic carbocycles. The Balaban J connectivity index is 2.11. The minimum Gasteiger partial charge on any atom is -0.325 e. The molecular weight excluding hydrogens is 274 g/mol. The lowest BCUT2D eigenvalue weighted by Crippen LogP contribution is -2.05. The van der Waals surface area contributed by atoms with Crippen molar-refractivity contribution in [2.45, 2.75) is 20.0 Å². The molecule has 0 fully saturated rings. The lowest BCUT2D eigenvalue weighted by molar-refractivity contribution is 0.690. The number of nitrogens with two attached hydrogens (primary N) is 1. The van der Waals surface area contributed by atoms with E-state index >= 15 is 0 Å². The largest absolute Gasteiger partial charge is 0.325 e. The van der Waals surface area contributed by atoms with Crippen molar-refractivity contribution in [1.82, 2.24) is 19.6 Å². The average molecular weight is 290 g/mol. The van der Waals surface area contributed by atoms with Crippen molar-refractivity contribution >= 4 is 22.5 Å². The zero-order chi connectivity index (χ0) is 14.3. The SMILES string of the molecule is Cc1nn(C)c(Cl)c1Cn1nc(CN)c2ccccc21. The highest BCUT2D eigenvalue weighted by atomic mass is 35.5. The molecular formula is C14H16ClN5. The van der Waals surface area contributed by atoms with E-state index in [0.29, 0.717) is 18.2 Å². The number of hydrogen-bond acceptors (Lipinski definition) is 3. The molecule has 0 amide bonds. The maximum atomic E-state index is 6.29. The first-order valence-corrected chi connectivity index (χ1v) is 6.82. The van der Waals surface area contributed by atoms with E-state index in [1.54, 1.807) is 4.68 Å². The summed E-state index contributed by atoms with van der Waals surface area (Å²) in [7, 11) is 1.84. The first kappa shape index (κ1) is 13.1. The Hall–Kier alpha value is -1.85. The number of halogens is 1. The molecule has 5 nitrogen and oxygen atoms in total. The van der Waals surface area contributed by atoms with Crippen molar-refractivity contribution in [1.29, 1.82) is 0 Å². The fraction of sp³-hybridized carbons (Fsp3) is 0.286. The normalized spacial score (nSPS) is 11.4. The molecule has 0 aliphatic heterocycles. The van der Waals surface area contributed by atoms with Crippen LogP contribution in [0.1, 0.15) is 17.0 Å². The van der Waals surface area contributed by atoms with Gasteiger partial charge in [0.05, 0.1) is 23.4 Å². The summed E-state index contributed by atoms with van der Waals surface area (Å²) in [6.07, 6.45) is 0. The number of aromatic nitrogens is 4. The van der Waals surface area contributed by atoms with Gasteiger partial charge in [0.15, 0.2) is 0 Å². The van der Waals surface area contributed by atoms with E-state index in [0.717, 1.165) is 27.9 Å². The molecule has 2 aromatic heterocycles. The predicted molar refractivity (Wildman–Crippen MR) is 79.7 cm³/mol. The number of aryl methyl sites for hydroxylation is 2. The van der Waals surface area contributed by atoms with Crippen LogP contribution < -0.4 is 5.73 Å². The molecule has 0 saturated carbocycles. The number of benzene rings is 1. The molecule has 1 aromatic carbocycles. The second-order valence-electron chi connectivity index (χ2n) is 4.80. The van der Waals surface area contributed by atoms with Gasteiger partial charge in [0.25, 0.3) is 0 Å². The van der Waals surface area contributed by atoms with Crippen molar-refractivity contribution in [3.8, 4) is 0 Å². The van der Waals surface area contributed by atoms with Crippen LogP contribution in [0.25, 0.3) is 10.9 Å². The number of hydrogen-bond donors (Lipinski definition) is 1. The Bertz CT molecular complexity index is 771. The van der Waals surface area contributed by atoms with Crippen LogP contribution in [0.4, 0.5) is 0 Å². The Kier molecular flexibility index (Phi) is 3.23. The maximum absolute atomic E-state index is 6.29. The van der Waals surface area contributed by atoms with E-state index < -0.39 is 0 Å². The van der Waals surface area contributed by atoms with Gasteiger partial charge in [-0.05, 0) is 13.0 Å². The topological polar surface area (TPSA) is 61.7 Å². The Morgan fingerprint density at radius 1 is 1.25 bits per heavy atom. The summed E-state index contributed by atoms with van der Waals surface area (Å²) in [6.45, 7) is 2.98. The summed E-state index contributed by atoms with van der Waals surface area (Å²) in [5.74, 6) is 0. The van der Waals surface area contributed by atoms with Gasteiger partial charge in [-0.15, -0.1) is 0 Å². The first-order chi connectivity index (χ1) is 9.61. The molecule has 104 valence electrons. The third kappa shape index (κ3) is 1.99. The summed E-state index contributed by atoms with van der Waals surface area (Å²) < 4.78 is 3.62. The standard InChI is InChI=1S/C14H16ClN5/c1-9-11(14(15)19(2)17-9)8-20-13-6-4-3-5-10(13)12(7-16)18-20/h3-6H,7-8,16H2,1-2H3. The predicted octanol–water partition coefficient (Wildman–Crippen LogP) is 2.24. The number of nitrogens with zero attached hydrogens (tertiary/aromatic N) is 4. The van der Waals surface area contributed by atoms with Gasteiger partial charge < -0.3 is 5.73 Å². The summed E-state index contributed by atoms with van der Waals surface area (Å²) in [5, 5.41) is 10.7. The summed E-state index contributed by atoms with van der Waals surface area (Å²) in [5.41, 5.74) is 9.65. The van der Waals surface area contributed by atoms with Gasteiger partial charge in [-0.2, -0.15) is 10.2 Å². The highest BCUT2D eigenvalue weighted by Crippen LogP contribution is 2.23. The molecule has 0 atom stereocenters. The molecule has 0 radical (unpaired) electrons. The molecule has 2 heterocycles. The second kappa shape index (κ2) is 4.92. The fourth-order valence-electron chi connectivity index (χ4n) is 2.47. The maximum Gasteiger partial charge on any atom is 0.132 e. The zero-order valence-electron chi connectivity index (χ0n) is 11.5. The minimum atomic E-state index is 0.424. The molecule has 2 N–H and O–H groups in total. The van der Waals surface area contributed by atoms with Crippen molar-refractivity contribution in [2.24, 2.45) is 12.8 Å². The lowest BCUT2D eigenvalue weighted by Gasteiger charge is -2.03. The third-order valence-electron chi connectivity index (χ3n) is 3.51. The monoisotopic (exact) mass is 289 g/mol. The summed E-state index contributed by atoms with van der Waals surface area (Å²) >= 11 is 6.29. The van der Waals surface area contributed by atoms with Crippen LogP contribution in [0, 0.1) is 6.92 Å². The van der Waals surface area contributed by atoms with E-state index in [4.69, 9.17) is 17.3 Å². The van der Waals surface area contributed by atoms with Gasteiger partial charge in [-0.1, -0.05) is 29.8 Å². The van der Waals surface area contributed by atoms with Crippen LogP contribution in [-0.4, -0.2) is 19.6 Å². The molecule has 0 bridgehead atoms. The van der Waals surface area contributed by atoms with E-state index in [-0.39, 0.29) is 0 Å². The van der Waals surface area contributed by atoms with Crippen LogP contribution in [0.5, 0.6) is 0 Å². The number of rotatable bonds is 3. The van der Waals surface area contributed by atoms with E-state index in [1.165, 1.54) is 0 Å². The van der Waals surface area contributed by atoms with E-state index in [9.17, 15) is 0 Å². The van der Waals surface area contributed by atoms with Crippen LogP contribution in [0.15, 0.2) is 24.3 Å². The van der Waals surface area contributed by atoms with Gasteiger partial charge in [0.2, 0.25) is 0 Å². The van der Waals surface area contributed by atoms with Gasteiger partial charge in [0, 0.05) is 24.5 Å². The zero-order valence-corrected chi connectivity index (χ0v) is 12.2. The number of para-hydroxylation sites is 1. The molecule has 20 heavy (non-hydrogen) atoms. The van der Waals surface area contributed by atoms with Crippen molar-refractivity contribution < 1.29 is 0 Å². The van der Waals surface area contributed by atoms with Gasteiger partial charge in [-0.3, -0.25) is 9.36 Å².